The van der Waals surface area contributed by atoms with Crippen LogP contribution in [-0.2, 0) is 6.54 Å². The first-order chi connectivity index (χ1) is 11.3. The first-order valence-corrected chi connectivity index (χ1v) is 7.41. The maximum atomic E-state index is 5.86. The van der Waals surface area contributed by atoms with Crippen LogP contribution in [0.4, 0.5) is 5.69 Å². The second kappa shape index (κ2) is 5.68. The largest absolute Gasteiger partial charge is 0.489 e. The smallest absolute Gasteiger partial charge is 0.163 e. The van der Waals surface area contributed by atoms with Gasteiger partial charge in [0.1, 0.15) is 31.1 Å². The maximum absolute atomic E-state index is 5.86. The van der Waals surface area contributed by atoms with Gasteiger partial charge in [0.15, 0.2) is 11.5 Å². The first-order valence-electron chi connectivity index (χ1n) is 7.41. The fourth-order valence-corrected chi connectivity index (χ4v) is 2.52. The fourth-order valence-electron chi connectivity index (χ4n) is 2.52. The van der Waals surface area contributed by atoms with E-state index in [1.807, 2.05) is 36.4 Å². The molecular formula is C16H16N4O3. The number of rotatable bonds is 4. The fraction of sp³-hybridized carbons (Fsp3) is 0.250. The van der Waals surface area contributed by atoms with Gasteiger partial charge in [-0.1, -0.05) is 17.3 Å². The SMILES string of the molecule is Nc1ccccc1OCCn1nnc2cc3c(cc21)OCCO3. The lowest BCUT2D eigenvalue weighted by molar-refractivity contribution is 0.172. The van der Waals surface area contributed by atoms with E-state index in [9.17, 15) is 0 Å². The first kappa shape index (κ1) is 13.7. The third-order valence-electron chi connectivity index (χ3n) is 3.66. The van der Waals surface area contributed by atoms with E-state index in [4.69, 9.17) is 19.9 Å². The van der Waals surface area contributed by atoms with Crippen LogP contribution in [0.2, 0.25) is 0 Å². The van der Waals surface area contributed by atoms with Gasteiger partial charge < -0.3 is 19.9 Å². The van der Waals surface area contributed by atoms with Crippen molar-refractivity contribution in [2.75, 3.05) is 25.6 Å². The molecule has 118 valence electrons. The number of para-hydroxylation sites is 2. The molecule has 1 aromatic heterocycles. The number of anilines is 1. The van der Waals surface area contributed by atoms with E-state index in [1.165, 1.54) is 0 Å². The van der Waals surface area contributed by atoms with Crippen molar-refractivity contribution in [3.05, 3.63) is 36.4 Å². The summed E-state index contributed by atoms with van der Waals surface area (Å²) in [5.74, 6) is 2.11. The molecule has 7 nitrogen and oxygen atoms in total. The number of nitrogens with zero attached hydrogens (tertiary/aromatic N) is 3. The maximum Gasteiger partial charge on any atom is 0.163 e. The van der Waals surface area contributed by atoms with Crippen LogP contribution in [0.3, 0.4) is 0 Å². The molecule has 2 aromatic carbocycles. The molecule has 0 fully saturated rings. The van der Waals surface area contributed by atoms with E-state index in [-0.39, 0.29) is 0 Å². The van der Waals surface area contributed by atoms with Gasteiger partial charge in [0.25, 0.3) is 0 Å². The minimum atomic E-state index is 0.446. The van der Waals surface area contributed by atoms with Gasteiger partial charge >= 0.3 is 0 Å². The van der Waals surface area contributed by atoms with E-state index in [0.717, 1.165) is 16.8 Å². The summed E-state index contributed by atoms with van der Waals surface area (Å²) in [6.07, 6.45) is 0. The van der Waals surface area contributed by atoms with E-state index in [1.54, 1.807) is 4.68 Å². The molecule has 23 heavy (non-hydrogen) atoms. The van der Waals surface area contributed by atoms with Crippen molar-refractivity contribution < 1.29 is 14.2 Å². The van der Waals surface area contributed by atoms with Gasteiger partial charge in [-0.05, 0) is 12.1 Å². The highest BCUT2D eigenvalue weighted by atomic mass is 16.6. The zero-order valence-corrected chi connectivity index (χ0v) is 12.4. The molecule has 0 spiro atoms. The number of nitrogens with two attached hydrogens (primary N) is 1. The Kier molecular flexibility index (Phi) is 3.38. The summed E-state index contributed by atoms with van der Waals surface area (Å²) < 4.78 is 18.6. The van der Waals surface area contributed by atoms with Gasteiger partial charge in [-0.2, -0.15) is 0 Å². The Morgan fingerprint density at radius 3 is 2.74 bits per heavy atom. The Bertz CT molecular complexity index is 846. The monoisotopic (exact) mass is 312 g/mol. The third kappa shape index (κ3) is 2.61. The second-order valence-corrected chi connectivity index (χ2v) is 5.18. The normalized spacial score (nSPS) is 13.2. The Labute approximate surface area is 132 Å². The van der Waals surface area contributed by atoms with Gasteiger partial charge in [0.2, 0.25) is 0 Å². The molecule has 0 radical (unpaired) electrons. The molecule has 1 aliphatic rings. The Hall–Kier alpha value is -2.96. The lowest BCUT2D eigenvalue weighted by Gasteiger charge is -2.18. The van der Waals surface area contributed by atoms with Crippen molar-refractivity contribution in [2.24, 2.45) is 0 Å². The molecule has 4 rings (SSSR count). The number of ether oxygens (including phenoxy) is 3. The topological polar surface area (TPSA) is 84.4 Å². The standard InChI is InChI=1S/C16H16N4O3/c17-11-3-1-2-4-14(11)21-6-5-20-13-10-16-15(22-7-8-23-16)9-12(13)18-19-20/h1-4,9-10H,5-8,17H2. The van der Waals surface area contributed by atoms with Crippen molar-refractivity contribution >= 4 is 16.7 Å². The number of hydrogen-bond acceptors (Lipinski definition) is 6. The number of hydrogen-bond donors (Lipinski definition) is 1. The highest BCUT2D eigenvalue weighted by Crippen LogP contribution is 2.33. The van der Waals surface area contributed by atoms with Gasteiger partial charge in [-0.3, -0.25) is 0 Å². The summed E-state index contributed by atoms with van der Waals surface area (Å²) in [5, 5.41) is 8.33. The lowest BCUT2D eigenvalue weighted by Crippen LogP contribution is -2.15. The minimum absolute atomic E-state index is 0.446. The van der Waals surface area contributed by atoms with Crippen LogP contribution >= 0.6 is 0 Å². The molecule has 1 aliphatic heterocycles. The molecule has 0 aliphatic carbocycles. The number of benzene rings is 2. The van der Waals surface area contributed by atoms with Crippen molar-refractivity contribution in [1.29, 1.82) is 0 Å². The minimum Gasteiger partial charge on any atom is -0.489 e. The van der Waals surface area contributed by atoms with Crippen molar-refractivity contribution in [3.8, 4) is 17.2 Å². The van der Waals surface area contributed by atoms with Gasteiger partial charge in [-0.25, -0.2) is 4.68 Å². The third-order valence-corrected chi connectivity index (χ3v) is 3.66. The van der Waals surface area contributed by atoms with Crippen LogP contribution in [0.1, 0.15) is 0 Å². The zero-order chi connectivity index (χ0) is 15.6. The Morgan fingerprint density at radius 1 is 1.13 bits per heavy atom. The average Bonchev–Trinajstić information content (AvgIpc) is 2.97. The highest BCUT2D eigenvalue weighted by molar-refractivity contribution is 5.79. The molecule has 7 heteroatoms. The predicted molar refractivity (Wildman–Crippen MR) is 84.9 cm³/mol. The van der Waals surface area contributed by atoms with Crippen LogP contribution in [0, 0.1) is 0 Å². The van der Waals surface area contributed by atoms with Crippen molar-refractivity contribution in [3.63, 3.8) is 0 Å². The van der Waals surface area contributed by atoms with E-state index in [2.05, 4.69) is 10.3 Å². The molecule has 2 heterocycles. The van der Waals surface area contributed by atoms with E-state index in [0.29, 0.717) is 43.6 Å². The molecule has 0 saturated carbocycles. The summed E-state index contributed by atoms with van der Waals surface area (Å²) in [6.45, 7) is 2.11. The summed E-state index contributed by atoms with van der Waals surface area (Å²) >= 11 is 0. The van der Waals surface area contributed by atoms with E-state index >= 15 is 0 Å². The summed E-state index contributed by atoms with van der Waals surface area (Å²) in [7, 11) is 0. The zero-order valence-electron chi connectivity index (χ0n) is 12.4. The van der Waals surface area contributed by atoms with Crippen molar-refractivity contribution in [2.45, 2.75) is 6.54 Å². The Balaban J connectivity index is 1.52. The highest BCUT2D eigenvalue weighted by Gasteiger charge is 2.16. The van der Waals surface area contributed by atoms with Crippen LogP contribution in [0.5, 0.6) is 17.2 Å². The quantitative estimate of drug-likeness (QED) is 0.740. The van der Waals surface area contributed by atoms with Crippen molar-refractivity contribution in [1.82, 2.24) is 15.0 Å². The molecule has 0 unspecified atom stereocenters. The molecule has 0 bridgehead atoms. The summed E-state index contributed by atoms with van der Waals surface area (Å²) in [6, 6.07) is 11.2. The van der Waals surface area contributed by atoms with Gasteiger partial charge in [0, 0.05) is 12.1 Å². The average molecular weight is 312 g/mol. The number of aromatic nitrogens is 3. The van der Waals surface area contributed by atoms with Crippen LogP contribution < -0.4 is 19.9 Å². The van der Waals surface area contributed by atoms with Crippen LogP contribution in [0.25, 0.3) is 11.0 Å². The van der Waals surface area contributed by atoms with Gasteiger partial charge in [-0.15, -0.1) is 5.10 Å². The van der Waals surface area contributed by atoms with Gasteiger partial charge in [0.05, 0.1) is 17.7 Å². The summed E-state index contributed by atoms with van der Waals surface area (Å²) in [4.78, 5) is 0. The molecule has 0 amide bonds. The Morgan fingerprint density at radius 2 is 1.91 bits per heavy atom. The molecule has 0 atom stereocenters. The molecule has 2 N–H and O–H groups in total. The number of nitrogen functional groups attached to an aromatic ring is 1. The molecule has 0 saturated heterocycles. The predicted octanol–water partition coefficient (Wildman–Crippen LogP) is 1.86. The lowest BCUT2D eigenvalue weighted by atomic mass is 10.2. The second-order valence-electron chi connectivity index (χ2n) is 5.18. The number of fused-ring (bicyclic) bond motifs is 2. The van der Waals surface area contributed by atoms with Crippen LogP contribution in [0.15, 0.2) is 36.4 Å². The summed E-state index contributed by atoms with van der Waals surface area (Å²) in [5.41, 5.74) is 8.14. The molecular weight excluding hydrogens is 296 g/mol. The van der Waals surface area contributed by atoms with E-state index < -0.39 is 0 Å². The van der Waals surface area contributed by atoms with Crippen LogP contribution in [-0.4, -0.2) is 34.8 Å². The molecule has 3 aromatic rings.